The quantitative estimate of drug-likeness (QED) is 0.694. The molecule has 0 aliphatic rings. The molecule has 0 saturated heterocycles. The third-order valence-corrected chi connectivity index (χ3v) is 3.57. The molecule has 5 heteroatoms. The van der Waals surface area contributed by atoms with E-state index in [1.165, 1.54) is 0 Å². The Balaban J connectivity index is 2.38. The van der Waals surface area contributed by atoms with Gasteiger partial charge in [-0.15, -0.1) is 0 Å². The number of hydrogen-bond acceptors (Lipinski definition) is 3. The number of ether oxygens (including phenoxy) is 1. The van der Waals surface area contributed by atoms with Crippen molar-refractivity contribution >= 4 is 23.2 Å². The second kappa shape index (κ2) is 7.10. The minimum atomic E-state index is 0.179. The lowest BCUT2D eigenvalue weighted by Gasteiger charge is -2.11. The van der Waals surface area contributed by atoms with E-state index in [2.05, 4.69) is 16.9 Å². The summed E-state index contributed by atoms with van der Waals surface area (Å²) in [5.74, 6) is 1.48. The number of nitrogens with zero attached hydrogens (tertiary/aromatic N) is 2. The predicted octanol–water partition coefficient (Wildman–Crippen LogP) is 5.36. The van der Waals surface area contributed by atoms with E-state index >= 15 is 0 Å². The van der Waals surface area contributed by atoms with Crippen molar-refractivity contribution in [3.8, 4) is 17.1 Å². The maximum Gasteiger partial charge on any atom is 0.162 e. The Kier molecular flexibility index (Phi) is 5.43. The number of hydrogen-bond donors (Lipinski definition) is 0. The minimum absolute atomic E-state index is 0.179. The summed E-state index contributed by atoms with van der Waals surface area (Å²) in [6.45, 7) is 6.76. The SMILES string of the molecule is CCCOc1cccc(-c2nc(Cl)c(C(C)C)c(Cl)n2)c1. The van der Waals surface area contributed by atoms with Crippen molar-refractivity contribution in [2.45, 2.75) is 33.1 Å². The second-order valence-electron chi connectivity index (χ2n) is 5.07. The highest BCUT2D eigenvalue weighted by atomic mass is 35.5. The van der Waals surface area contributed by atoms with Crippen molar-refractivity contribution in [1.29, 1.82) is 0 Å². The molecule has 1 aromatic heterocycles. The van der Waals surface area contributed by atoms with Gasteiger partial charge in [0, 0.05) is 11.1 Å². The molecule has 0 unspecified atom stereocenters. The smallest absolute Gasteiger partial charge is 0.162 e. The zero-order chi connectivity index (χ0) is 15.4. The number of benzene rings is 1. The van der Waals surface area contributed by atoms with E-state index < -0.39 is 0 Å². The van der Waals surface area contributed by atoms with Gasteiger partial charge in [-0.25, -0.2) is 9.97 Å². The molecule has 0 atom stereocenters. The van der Waals surface area contributed by atoms with E-state index in [9.17, 15) is 0 Å². The normalized spacial score (nSPS) is 11.0. The lowest BCUT2D eigenvalue weighted by molar-refractivity contribution is 0.317. The van der Waals surface area contributed by atoms with Crippen LogP contribution in [-0.4, -0.2) is 16.6 Å². The summed E-state index contributed by atoms with van der Waals surface area (Å²) >= 11 is 12.5. The molecule has 1 aromatic carbocycles. The highest BCUT2D eigenvalue weighted by Gasteiger charge is 2.15. The molecule has 2 rings (SSSR count). The monoisotopic (exact) mass is 324 g/mol. The Morgan fingerprint density at radius 2 is 1.81 bits per heavy atom. The Morgan fingerprint density at radius 3 is 2.38 bits per heavy atom. The topological polar surface area (TPSA) is 35.0 Å². The third kappa shape index (κ3) is 3.86. The molecule has 0 N–H and O–H groups in total. The van der Waals surface area contributed by atoms with Crippen molar-refractivity contribution in [1.82, 2.24) is 9.97 Å². The van der Waals surface area contributed by atoms with Gasteiger partial charge in [0.15, 0.2) is 5.82 Å². The molecule has 0 spiro atoms. The average Bonchev–Trinajstić information content (AvgIpc) is 2.44. The maximum absolute atomic E-state index is 6.24. The van der Waals surface area contributed by atoms with Crippen LogP contribution < -0.4 is 4.74 Å². The third-order valence-electron chi connectivity index (χ3n) is 3.00. The van der Waals surface area contributed by atoms with Crippen LogP contribution in [0.25, 0.3) is 11.4 Å². The number of aromatic nitrogens is 2. The van der Waals surface area contributed by atoms with Crippen molar-refractivity contribution in [2.75, 3.05) is 6.61 Å². The maximum atomic E-state index is 6.24. The zero-order valence-corrected chi connectivity index (χ0v) is 13.9. The molecule has 0 aliphatic carbocycles. The van der Waals surface area contributed by atoms with Gasteiger partial charge in [0.05, 0.1) is 6.61 Å². The van der Waals surface area contributed by atoms with Gasteiger partial charge in [-0.1, -0.05) is 56.1 Å². The van der Waals surface area contributed by atoms with E-state index in [1.807, 2.05) is 38.1 Å². The first-order chi connectivity index (χ1) is 10.0. The van der Waals surface area contributed by atoms with Gasteiger partial charge in [0.25, 0.3) is 0 Å². The molecule has 2 aromatic rings. The molecule has 0 fully saturated rings. The van der Waals surface area contributed by atoms with E-state index in [0.717, 1.165) is 23.3 Å². The first-order valence-electron chi connectivity index (χ1n) is 6.99. The Hall–Kier alpha value is -1.32. The molecular weight excluding hydrogens is 307 g/mol. The van der Waals surface area contributed by atoms with Gasteiger partial charge < -0.3 is 4.74 Å². The van der Waals surface area contributed by atoms with Gasteiger partial charge in [0.1, 0.15) is 16.1 Å². The fourth-order valence-electron chi connectivity index (χ4n) is 1.97. The Morgan fingerprint density at radius 1 is 1.14 bits per heavy atom. The molecular formula is C16H18Cl2N2O. The highest BCUT2D eigenvalue weighted by molar-refractivity contribution is 6.34. The van der Waals surface area contributed by atoms with E-state index in [1.54, 1.807) is 0 Å². The fraction of sp³-hybridized carbons (Fsp3) is 0.375. The fourth-order valence-corrected chi connectivity index (χ4v) is 2.79. The van der Waals surface area contributed by atoms with Gasteiger partial charge in [-0.05, 0) is 24.5 Å². The predicted molar refractivity (Wildman–Crippen MR) is 87.4 cm³/mol. The molecule has 3 nitrogen and oxygen atoms in total. The summed E-state index contributed by atoms with van der Waals surface area (Å²) in [5, 5.41) is 0.805. The molecule has 21 heavy (non-hydrogen) atoms. The van der Waals surface area contributed by atoms with Crippen molar-refractivity contribution in [2.24, 2.45) is 0 Å². The van der Waals surface area contributed by atoms with Gasteiger partial charge in [-0.2, -0.15) is 0 Å². The van der Waals surface area contributed by atoms with E-state index in [4.69, 9.17) is 27.9 Å². The van der Waals surface area contributed by atoms with Crippen LogP contribution in [0.5, 0.6) is 5.75 Å². The summed E-state index contributed by atoms with van der Waals surface area (Å²) in [6.07, 6.45) is 0.960. The molecule has 1 heterocycles. The van der Waals surface area contributed by atoms with Crippen LogP contribution in [0.3, 0.4) is 0 Å². The molecule has 112 valence electrons. The lowest BCUT2D eigenvalue weighted by atomic mass is 10.1. The average molecular weight is 325 g/mol. The van der Waals surface area contributed by atoms with Crippen LogP contribution in [0.1, 0.15) is 38.7 Å². The minimum Gasteiger partial charge on any atom is -0.494 e. The first kappa shape index (κ1) is 16.1. The molecule has 0 bridgehead atoms. The largest absolute Gasteiger partial charge is 0.494 e. The van der Waals surface area contributed by atoms with Gasteiger partial charge in [-0.3, -0.25) is 0 Å². The summed E-state index contributed by atoms with van der Waals surface area (Å²) in [7, 11) is 0. The number of halogens is 2. The number of rotatable bonds is 5. The highest BCUT2D eigenvalue weighted by Crippen LogP contribution is 2.31. The van der Waals surface area contributed by atoms with Crippen LogP contribution in [0.2, 0.25) is 10.3 Å². The van der Waals surface area contributed by atoms with Crippen LogP contribution in [0.4, 0.5) is 0 Å². The molecule has 0 saturated carbocycles. The van der Waals surface area contributed by atoms with Crippen molar-refractivity contribution in [3.05, 3.63) is 40.1 Å². The standard InChI is InChI=1S/C16H18Cl2N2O/c1-4-8-21-12-7-5-6-11(9-12)16-19-14(17)13(10(2)3)15(18)20-16/h5-7,9-10H,4,8H2,1-3H3. The summed E-state index contributed by atoms with van der Waals surface area (Å²) in [6, 6.07) is 7.62. The van der Waals surface area contributed by atoms with Crippen LogP contribution in [-0.2, 0) is 0 Å². The van der Waals surface area contributed by atoms with Gasteiger partial charge >= 0.3 is 0 Å². The lowest BCUT2D eigenvalue weighted by Crippen LogP contribution is -2.00. The Labute approximate surface area is 135 Å². The van der Waals surface area contributed by atoms with Crippen molar-refractivity contribution < 1.29 is 4.74 Å². The van der Waals surface area contributed by atoms with E-state index in [0.29, 0.717) is 22.7 Å². The van der Waals surface area contributed by atoms with Crippen molar-refractivity contribution in [3.63, 3.8) is 0 Å². The Bertz CT molecular complexity index is 606. The van der Waals surface area contributed by atoms with Crippen LogP contribution >= 0.6 is 23.2 Å². The summed E-state index contributed by atoms with van der Waals surface area (Å²) in [4.78, 5) is 8.72. The summed E-state index contributed by atoms with van der Waals surface area (Å²) in [5.41, 5.74) is 1.61. The molecule has 0 aliphatic heterocycles. The second-order valence-corrected chi connectivity index (χ2v) is 5.79. The first-order valence-corrected chi connectivity index (χ1v) is 7.74. The summed E-state index contributed by atoms with van der Waals surface area (Å²) < 4.78 is 5.62. The molecule has 0 radical (unpaired) electrons. The molecule has 0 amide bonds. The van der Waals surface area contributed by atoms with Crippen LogP contribution in [0, 0.1) is 0 Å². The van der Waals surface area contributed by atoms with E-state index in [-0.39, 0.29) is 5.92 Å². The van der Waals surface area contributed by atoms with Gasteiger partial charge in [0.2, 0.25) is 0 Å². The zero-order valence-electron chi connectivity index (χ0n) is 12.4. The van der Waals surface area contributed by atoms with Crippen LogP contribution in [0.15, 0.2) is 24.3 Å².